The Morgan fingerprint density at radius 3 is 1.73 bits per heavy atom. The summed E-state index contributed by atoms with van der Waals surface area (Å²) < 4.78 is 0. The zero-order valence-electron chi connectivity index (χ0n) is 6.74. The van der Waals surface area contributed by atoms with Crippen molar-refractivity contribution in [2.45, 2.75) is 44.2 Å². The maximum absolute atomic E-state index is 9.66. The Bertz CT molecular complexity index is 152. The minimum Gasteiger partial charge on any atom is -0.313 e. The first-order chi connectivity index (χ1) is 5.33. The van der Waals surface area contributed by atoms with E-state index in [9.17, 15) is 5.21 Å². The second-order valence-corrected chi connectivity index (χ2v) is 4.60. The second-order valence-electron chi connectivity index (χ2n) is 4.60. The highest BCUT2D eigenvalue weighted by Gasteiger charge is 2.46. The van der Waals surface area contributed by atoms with Gasteiger partial charge in [0.2, 0.25) is 0 Å². The van der Waals surface area contributed by atoms with Gasteiger partial charge in [0.25, 0.3) is 0 Å². The molecule has 4 bridgehead atoms. The van der Waals surface area contributed by atoms with Gasteiger partial charge in [-0.2, -0.15) is 5.06 Å². The lowest BCUT2D eigenvalue weighted by Crippen LogP contribution is -2.56. The number of hydroxylamine groups is 2. The fourth-order valence-corrected chi connectivity index (χ4v) is 3.51. The monoisotopic (exact) mass is 153 g/mol. The lowest BCUT2D eigenvalue weighted by Gasteiger charge is -2.53. The van der Waals surface area contributed by atoms with Crippen LogP contribution in [-0.4, -0.2) is 22.4 Å². The number of hydrogen-bond acceptors (Lipinski definition) is 2. The van der Waals surface area contributed by atoms with Crippen LogP contribution >= 0.6 is 0 Å². The van der Waals surface area contributed by atoms with Crippen LogP contribution in [0.2, 0.25) is 0 Å². The first-order valence-electron chi connectivity index (χ1n) is 4.80. The third-order valence-electron chi connectivity index (χ3n) is 3.84. The number of piperidine rings is 2. The largest absolute Gasteiger partial charge is 0.313 e. The molecule has 4 aliphatic rings. The number of nitrogens with zero attached hydrogens (tertiary/aromatic N) is 1. The van der Waals surface area contributed by atoms with Gasteiger partial charge in [0.05, 0.1) is 0 Å². The molecule has 2 saturated heterocycles. The van der Waals surface area contributed by atoms with Gasteiger partial charge in [-0.15, -0.1) is 0 Å². The first kappa shape index (κ1) is 6.44. The minimum atomic E-state index is 0.534. The second kappa shape index (κ2) is 1.99. The van der Waals surface area contributed by atoms with Crippen molar-refractivity contribution in [2.24, 2.45) is 11.8 Å². The molecule has 2 aliphatic carbocycles. The molecule has 4 fully saturated rings. The smallest absolute Gasteiger partial charge is 0.0358 e. The summed E-state index contributed by atoms with van der Waals surface area (Å²) in [6.45, 7) is 0. The molecule has 2 saturated carbocycles. The van der Waals surface area contributed by atoms with Crippen molar-refractivity contribution in [1.29, 1.82) is 0 Å². The molecular weight excluding hydrogens is 138 g/mol. The van der Waals surface area contributed by atoms with Crippen LogP contribution in [-0.2, 0) is 0 Å². The van der Waals surface area contributed by atoms with E-state index in [0.29, 0.717) is 12.1 Å². The van der Waals surface area contributed by atoms with E-state index in [1.807, 2.05) is 0 Å². The summed E-state index contributed by atoms with van der Waals surface area (Å²) >= 11 is 0. The maximum atomic E-state index is 9.66. The van der Waals surface area contributed by atoms with E-state index in [4.69, 9.17) is 0 Å². The molecule has 0 amide bonds. The summed E-state index contributed by atoms with van der Waals surface area (Å²) in [5.41, 5.74) is 0. The van der Waals surface area contributed by atoms with Gasteiger partial charge < -0.3 is 5.21 Å². The minimum absolute atomic E-state index is 0.534. The predicted molar refractivity (Wildman–Crippen MR) is 41.3 cm³/mol. The van der Waals surface area contributed by atoms with Gasteiger partial charge in [-0.25, -0.2) is 0 Å². The molecule has 0 radical (unpaired) electrons. The molecule has 0 atom stereocenters. The summed E-state index contributed by atoms with van der Waals surface area (Å²) in [5.74, 6) is 1.92. The molecule has 2 heteroatoms. The van der Waals surface area contributed by atoms with Gasteiger partial charge in [0.15, 0.2) is 0 Å². The average Bonchev–Trinajstić information content (AvgIpc) is 1.98. The highest BCUT2D eigenvalue weighted by atomic mass is 16.5. The molecule has 2 nitrogen and oxygen atoms in total. The van der Waals surface area contributed by atoms with Crippen LogP contribution in [0.5, 0.6) is 0 Å². The lowest BCUT2D eigenvalue weighted by molar-refractivity contribution is -0.229. The van der Waals surface area contributed by atoms with Gasteiger partial charge in [0.1, 0.15) is 0 Å². The van der Waals surface area contributed by atoms with Crippen molar-refractivity contribution in [1.82, 2.24) is 5.06 Å². The number of hydrogen-bond donors (Lipinski definition) is 1. The van der Waals surface area contributed by atoms with Gasteiger partial charge in [0, 0.05) is 12.1 Å². The molecule has 2 aliphatic heterocycles. The predicted octanol–water partition coefficient (Wildman–Crippen LogP) is 1.64. The van der Waals surface area contributed by atoms with Gasteiger partial charge in [-0.3, -0.25) is 0 Å². The fraction of sp³-hybridized carbons (Fsp3) is 1.00. The van der Waals surface area contributed by atoms with Crippen LogP contribution in [0.3, 0.4) is 0 Å². The lowest BCUT2D eigenvalue weighted by atomic mass is 9.64. The van der Waals surface area contributed by atoms with Gasteiger partial charge in [-0.1, -0.05) is 0 Å². The van der Waals surface area contributed by atoms with Gasteiger partial charge >= 0.3 is 0 Å². The molecule has 0 aromatic carbocycles. The van der Waals surface area contributed by atoms with Crippen LogP contribution in [0.4, 0.5) is 0 Å². The summed E-state index contributed by atoms with van der Waals surface area (Å²) in [6.07, 6.45) is 6.53. The summed E-state index contributed by atoms with van der Waals surface area (Å²) in [4.78, 5) is 0. The van der Waals surface area contributed by atoms with E-state index < -0.39 is 0 Å². The van der Waals surface area contributed by atoms with E-state index in [2.05, 4.69) is 0 Å². The van der Waals surface area contributed by atoms with Crippen LogP contribution in [0.15, 0.2) is 0 Å². The van der Waals surface area contributed by atoms with Crippen molar-refractivity contribution < 1.29 is 5.21 Å². The Labute approximate surface area is 67.1 Å². The van der Waals surface area contributed by atoms with E-state index in [0.717, 1.165) is 11.8 Å². The molecule has 4 rings (SSSR count). The van der Waals surface area contributed by atoms with Crippen molar-refractivity contribution in [3.05, 3.63) is 0 Å². The van der Waals surface area contributed by atoms with Crippen LogP contribution in [0, 0.1) is 11.8 Å². The third kappa shape index (κ3) is 0.798. The SMILES string of the molecule is ON1C2CC3C[C@H](C2)C[C@@H]1C3. The molecule has 0 spiro atoms. The topological polar surface area (TPSA) is 23.5 Å². The summed E-state index contributed by atoms with van der Waals surface area (Å²) in [5, 5.41) is 11.3. The molecule has 0 aromatic rings. The summed E-state index contributed by atoms with van der Waals surface area (Å²) in [6, 6.07) is 1.07. The van der Waals surface area contributed by atoms with Crippen molar-refractivity contribution in [3.8, 4) is 0 Å². The van der Waals surface area contributed by atoms with E-state index in [1.54, 1.807) is 5.06 Å². The maximum Gasteiger partial charge on any atom is 0.0358 e. The zero-order chi connectivity index (χ0) is 7.42. The molecule has 0 aromatic heterocycles. The zero-order valence-corrected chi connectivity index (χ0v) is 6.74. The Kier molecular flexibility index (Phi) is 1.16. The Hall–Kier alpha value is -0.0800. The van der Waals surface area contributed by atoms with Crippen LogP contribution in [0.1, 0.15) is 32.1 Å². The van der Waals surface area contributed by atoms with Crippen molar-refractivity contribution in [2.75, 3.05) is 0 Å². The third-order valence-corrected chi connectivity index (χ3v) is 3.84. The summed E-state index contributed by atoms with van der Waals surface area (Å²) in [7, 11) is 0. The highest BCUT2D eigenvalue weighted by Crippen LogP contribution is 2.48. The van der Waals surface area contributed by atoms with Crippen molar-refractivity contribution in [3.63, 3.8) is 0 Å². The Morgan fingerprint density at radius 1 is 0.818 bits per heavy atom. The molecule has 2 heterocycles. The molecule has 62 valence electrons. The normalized spacial score (nSPS) is 55.4. The molecule has 0 unspecified atom stereocenters. The molecule has 11 heavy (non-hydrogen) atoms. The fourth-order valence-electron chi connectivity index (χ4n) is 3.51. The van der Waals surface area contributed by atoms with E-state index >= 15 is 0 Å². The quantitative estimate of drug-likeness (QED) is 0.572. The molecule has 1 N–H and O–H groups in total. The molecular formula is C9H15NO. The van der Waals surface area contributed by atoms with E-state index in [-0.39, 0.29) is 0 Å². The highest BCUT2D eigenvalue weighted by molar-refractivity contribution is 4.97. The van der Waals surface area contributed by atoms with Gasteiger partial charge in [-0.05, 0) is 43.9 Å². The van der Waals surface area contributed by atoms with Crippen LogP contribution < -0.4 is 0 Å². The number of rotatable bonds is 0. The van der Waals surface area contributed by atoms with Crippen LogP contribution in [0.25, 0.3) is 0 Å². The van der Waals surface area contributed by atoms with E-state index in [1.165, 1.54) is 32.1 Å². The first-order valence-corrected chi connectivity index (χ1v) is 4.80. The Morgan fingerprint density at radius 2 is 1.27 bits per heavy atom. The Balaban J connectivity index is 1.91. The van der Waals surface area contributed by atoms with Crippen molar-refractivity contribution >= 4 is 0 Å². The average molecular weight is 153 g/mol. The standard InChI is InChI=1S/C9H15NO/c11-10-8-2-6-1-7(4-8)5-9(10)3-6/h6-9,11H,1-5H2/t6-,7?,8+,9?/m0/s1.